The topological polar surface area (TPSA) is 79.0 Å². The summed E-state index contributed by atoms with van der Waals surface area (Å²) in [7, 11) is 1.57. The maximum Gasteiger partial charge on any atom is 0.325 e. The minimum atomic E-state index is -1.14. The molecule has 3 rings (SSSR count). The molecule has 0 bridgehead atoms. The second-order valence-corrected chi connectivity index (χ2v) is 7.45. The van der Waals surface area contributed by atoms with Gasteiger partial charge in [-0.15, -0.1) is 0 Å². The zero-order valence-electron chi connectivity index (χ0n) is 16.9. The van der Waals surface area contributed by atoms with E-state index in [-0.39, 0.29) is 24.4 Å². The van der Waals surface area contributed by atoms with E-state index in [2.05, 4.69) is 12.2 Å². The zero-order chi connectivity index (χ0) is 20.3. The van der Waals surface area contributed by atoms with Crippen molar-refractivity contribution in [3.63, 3.8) is 0 Å². The van der Waals surface area contributed by atoms with Gasteiger partial charge in [-0.3, -0.25) is 14.5 Å². The molecule has 0 aromatic heterocycles. The Kier molecular flexibility index (Phi) is 5.91. The number of imide groups is 1. The number of likely N-dealkylation sites (tertiary alicyclic amines) is 1. The number of hydrogen-bond donors (Lipinski definition) is 1. The SMILES string of the molecule is CC[C@H]1CCCCN1C(=O)CN1C(=O)N[C@](CC)(c2ccc(OC)cc2)C1=O. The summed E-state index contributed by atoms with van der Waals surface area (Å²) >= 11 is 0. The maximum atomic E-state index is 13.2. The largest absolute Gasteiger partial charge is 0.497 e. The minimum absolute atomic E-state index is 0.156. The summed E-state index contributed by atoms with van der Waals surface area (Å²) in [6.07, 6.45) is 4.34. The monoisotopic (exact) mass is 387 g/mol. The van der Waals surface area contributed by atoms with E-state index in [9.17, 15) is 14.4 Å². The number of ether oxygens (including phenoxy) is 1. The van der Waals surface area contributed by atoms with Crippen LogP contribution in [0.1, 0.15) is 51.5 Å². The second-order valence-electron chi connectivity index (χ2n) is 7.45. The third kappa shape index (κ3) is 3.45. The van der Waals surface area contributed by atoms with Crippen molar-refractivity contribution in [1.29, 1.82) is 0 Å². The Balaban J connectivity index is 1.80. The molecule has 28 heavy (non-hydrogen) atoms. The van der Waals surface area contributed by atoms with Gasteiger partial charge in [0, 0.05) is 12.6 Å². The fourth-order valence-corrected chi connectivity index (χ4v) is 4.26. The number of carbonyl (C=O) groups is 3. The van der Waals surface area contributed by atoms with Crippen LogP contribution in [0.2, 0.25) is 0 Å². The van der Waals surface area contributed by atoms with Crippen molar-refractivity contribution in [2.75, 3.05) is 20.2 Å². The molecule has 152 valence electrons. The van der Waals surface area contributed by atoms with Crippen LogP contribution in [-0.2, 0) is 15.1 Å². The van der Waals surface area contributed by atoms with Gasteiger partial charge >= 0.3 is 6.03 Å². The molecule has 0 unspecified atom stereocenters. The van der Waals surface area contributed by atoms with Crippen molar-refractivity contribution >= 4 is 17.8 Å². The van der Waals surface area contributed by atoms with E-state index in [0.29, 0.717) is 24.3 Å². The highest BCUT2D eigenvalue weighted by Crippen LogP contribution is 2.33. The predicted octanol–water partition coefficient (Wildman–Crippen LogP) is 2.64. The highest BCUT2D eigenvalue weighted by molar-refractivity contribution is 6.09. The van der Waals surface area contributed by atoms with Crippen molar-refractivity contribution in [2.24, 2.45) is 0 Å². The first kappa shape index (κ1) is 20.2. The van der Waals surface area contributed by atoms with E-state index in [4.69, 9.17) is 4.74 Å². The van der Waals surface area contributed by atoms with E-state index < -0.39 is 11.6 Å². The molecule has 7 heteroatoms. The number of benzene rings is 1. The molecule has 2 aliphatic heterocycles. The molecule has 1 N–H and O–H groups in total. The molecule has 0 spiro atoms. The van der Waals surface area contributed by atoms with Crippen molar-refractivity contribution in [3.05, 3.63) is 29.8 Å². The number of nitrogens with zero attached hydrogens (tertiary/aromatic N) is 2. The van der Waals surface area contributed by atoms with E-state index in [0.717, 1.165) is 30.6 Å². The summed E-state index contributed by atoms with van der Waals surface area (Å²) in [6.45, 7) is 4.40. The van der Waals surface area contributed by atoms with Gasteiger partial charge in [0.25, 0.3) is 5.91 Å². The number of methoxy groups -OCH3 is 1. The summed E-state index contributed by atoms with van der Waals surface area (Å²) in [5.41, 5.74) is -0.455. The summed E-state index contributed by atoms with van der Waals surface area (Å²) < 4.78 is 5.18. The first-order chi connectivity index (χ1) is 13.5. The fraction of sp³-hybridized carbons (Fsp3) is 0.571. The standard InChI is InChI=1S/C21H29N3O4/c1-4-16-8-6-7-13-23(16)18(25)14-24-19(26)21(5-2,22-20(24)27)15-9-11-17(28-3)12-10-15/h9-12,16H,4-8,13-14H2,1-3H3,(H,22,27)/t16-,21+/m0/s1. The molecular weight excluding hydrogens is 358 g/mol. The van der Waals surface area contributed by atoms with Crippen molar-refractivity contribution in [1.82, 2.24) is 15.1 Å². The van der Waals surface area contributed by atoms with Gasteiger partial charge in [-0.25, -0.2) is 4.79 Å². The molecule has 2 heterocycles. The molecule has 0 saturated carbocycles. The number of amides is 4. The fourth-order valence-electron chi connectivity index (χ4n) is 4.26. The van der Waals surface area contributed by atoms with Gasteiger partial charge in [0.15, 0.2) is 0 Å². The number of rotatable bonds is 6. The third-order valence-corrected chi connectivity index (χ3v) is 6.00. The Labute approximate surface area is 166 Å². The third-order valence-electron chi connectivity index (χ3n) is 6.00. The molecule has 2 fully saturated rings. The molecular formula is C21H29N3O4. The Morgan fingerprint density at radius 1 is 1.21 bits per heavy atom. The minimum Gasteiger partial charge on any atom is -0.497 e. The van der Waals surface area contributed by atoms with Gasteiger partial charge in [0.1, 0.15) is 17.8 Å². The van der Waals surface area contributed by atoms with Gasteiger partial charge in [-0.05, 0) is 49.8 Å². The lowest BCUT2D eigenvalue weighted by Crippen LogP contribution is -2.49. The van der Waals surface area contributed by atoms with Gasteiger partial charge in [0.2, 0.25) is 5.91 Å². The van der Waals surface area contributed by atoms with Crippen LogP contribution in [0.4, 0.5) is 4.79 Å². The van der Waals surface area contributed by atoms with E-state index in [1.54, 1.807) is 31.4 Å². The summed E-state index contributed by atoms with van der Waals surface area (Å²) in [5, 5.41) is 2.83. The van der Waals surface area contributed by atoms with E-state index >= 15 is 0 Å². The predicted molar refractivity (Wildman–Crippen MR) is 105 cm³/mol. The normalized spacial score (nSPS) is 25.0. The molecule has 7 nitrogen and oxygen atoms in total. The van der Waals surface area contributed by atoms with Crippen LogP contribution in [0.5, 0.6) is 5.75 Å². The Morgan fingerprint density at radius 2 is 1.93 bits per heavy atom. The lowest BCUT2D eigenvalue weighted by Gasteiger charge is -2.36. The van der Waals surface area contributed by atoms with Crippen LogP contribution >= 0.6 is 0 Å². The van der Waals surface area contributed by atoms with Gasteiger partial charge in [0.05, 0.1) is 7.11 Å². The van der Waals surface area contributed by atoms with Crippen molar-refractivity contribution in [3.8, 4) is 5.75 Å². The van der Waals surface area contributed by atoms with Crippen LogP contribution in [0.15, 0.2) is 24.3 Å². The first-order valence-corrected chi connectivity index (χ1v) is 10.0. The van der Waals surface area contributed by atoms with Crippen LogP contribution in [0.25, 0.3) is 0 Å². The van der Waals surface area contributed by atoms with Gasteiger partial charge < -0.3 is 15.0 Å². The van der Waals surface area contributed by atoms with Crippen LogP contribution in [-0.4, -0.2) is 53.9 Å². The molecule has 1 aromatic carbocycles. The Hall–Kier alpha value is -2.57. The van der Waals surface area contributed by atoms with Crippen LogP contribution in [0.3, 0.4) is 0 Å². The molecule has 0 radical (unpaired) electrons. The molecule has 2 aliphatic rings. The highest BCUT2D eigenvalue weighted by Gasteiger charge is 2.52. The number of nitrogens with one attached hydrogen (secondary N) is 1. The molecule has 0 aliphatic carbocycles. The molecule has 1 aromatic rings. The number of urea groups is 1. The van der Waals surface area contributed by atoms with E-state index in [1.165, 1.54) is 0 Å². The number of carbonyl (C=O) groups excluding carboxylic acids is 3. The summed E-state index contributed by atoms with van der Waals surface area (Å²) in [5.74, 6) is 0.148. The van der Waals surface area contributed by atoms with Crippen molar-refractivity contribution < 1.29 is 19.1 Å². The average Bonchev–Trinajstić information content (AvgIpc) is 2.98. The average molecular weight is 387 g/mol. The van der Waals surface area contributed by atoms with Crippen LogP contribution in [0, 0.1) is 0 Å². The highest BCUT2D eigenvalue weighted by atomic mass is 16.5. The zero-order valence-corrected chi connectivity index (χ0v) is 16.9. The van der Waals surface area contributed by atoms with Gasteiger partial charge in [-0.2, -0.15) is 0 Å². The Bertz CT molecular complexity index is 749. The number of piperidine rings is 1. The number of hydrogen-bond acceptors (Lipinski definition) is 4. The molecule has 2 atom stereocenters. The lowest BCUT2D eigenvalue weighted by molar-refractivity contribution is -0.141. The van der Waals surface area contributed by atoms with Crippen molar-refractivity contribution in [2.45, 2.75) is 57.5 Å². The first-order valence-electron chi connectivity index (χ1n) is 10.0. The van der Waals surface area contributed by atoms with Crippen LogP contribution < -0.4 is 10.1 Å². The molecule has 2 saturated heterocycles. The second kappa shape index (κ2) is 8.20. The maximum absolute atomic E-state index is 13.2. The summed E-state index contributed by atoms with van der Waals surface area (Å²) in [4.78, 5) is 41.6. The Morgan fingerprint density at radius 3 is 2.54 bits per heavy atom. The smallest absolute Gasteiger partial charge is 0.325 e. The van der Waals surface area contributed by atoms with Gasteiger partial charge in [-0.1, -0.05) is 26.0 Å². The quantitative estimate of drug-likeness (QED) is 0.761. The van der Waals surface area contributed by atoms with E-state index in [1.807, 2.05) is 11.8 Å². The molecule has 4 amide bonds. The lowest BCUT2D eigenvalue weighted by atomic mass is 9.87. The summed E-state index contributed by atoms with van der Waals surface area (Å²) in [6, 6.07) is 6.77.